The van der Waals surface area contributed by atoms with E-state index in [9.17, 15) is 4.79 Å². The van der Waals surface area contributed by atoms with Gasteiger partial charge in [0.25, 0.3) is 0 Å². The van der Waals surface area contributed by atoms with E-state index in [0.717, 1.165) is 19.6 Å². The summed E-state index contributed by atoms with van der Waals surface area (Å²) in [5, 5.41) is 0. The number of carbonyl (C=O) groups excluding carboxylic acids is 1. The molecular weight excluding hydrogens is 156 g/mol. The third-order valence-corrected chi connectivity index (χ3v) is 2.03. The number of ether oxygens (including phenoxy) is 2. The van der Waals surface area contributed by atoms with Crippen molar-refractivity contribution in [2.24, 2.45) is 0 Å². The van der Waals surface area contributed by atoms with E-state index >= 15 is 0 Å². The highest BCUT2D eigenvalue weighted by molar-refractivity contribution is 5.75. The summed E-state index contributed by atoms with van der Waals surface area (Å²) in [4.78, 5) is 10.7. The van der Waals surface area contributed by atoms with Crippen LogP contribution in [-0.4, -0.2) is 24.8 Å². The van der Waals surface area contributed by atoms with Gasteiger partial charge in [-0.15, -0.1) is 0 Å². The van der Waals surface area contributed by atoms with E-state index in [4.69, 9.17) is 9.47 Å². The number of ketones is 1. The lowest BCUT2D eigenvalue weighted by molar-refractivity contribution is -0.258. The van der Waals surface area contributed by atoms with E-state index < -0.39 is 5.79 Å². The predicted molar refractivity (Wildman–Crippen MR) is 44.8 cm³/mol. The van der Waals surface area contributed by atoms with Crippen molar-refractivity contribution in [1.82, 2.24) is 0 Å². The van der Waals surface area contributed by atoms with Gasteiger partial charge in [-0.3, -0.25) is 0 Å². The van der Waals surface area contributed by atoms with Crippen LogP contribution in [0.3, 0.4) is 0 Å². The van der Waals surface area contributed by atoms with Gasteiger partial charge in [0, 0.05) is 12.8 Å². The maximum atomic E-state index is 10.7. The fourth-order valence-corrected chi connectivity index (χ4v) is 1.22. The van der Waals surface area contributed by atoms with Crippen molar-refractivity contribution in [2.45, 2.75) is 38.9 Å². The monoisotopic (exact) mass is 172 g/mol. The van der Waals surface area contributed by atoms with Gasteiger partial charge in [0.2, 0.25) is 0 Å². The number of hydrogen-bond donors (Lipinski definition) is 0. The molecule has 0 spiro atoms. The van der Waals surface area contributed by atoms with Crippen LogP contribution in [0.4, 0.5) is 0 Å². The Kier molecular flexibility index (Phi) is 3.23. The molecule has 70 valence electrons. The Hall–Kier alpha value is -0.410. The topological polar surface area (TPSA) is 35.5 Å². The van der Waals surface area contributed by atoms with E-state index in [-0.39, 0.29) is 5.78 Å². The molecule has 1 saturated heterocycles. The molecule has 1 aliphatic rings. The van der Waals surface area contributed by atoms with E-state index in [1.807, 2.05) is 6.92 Å². The summed E-state index contributed by atoms with van der Waals surface area (Å²) in [5.41, 5.74) is 0. The predicted octanol–water partition coefficient (Wildman–Crippen LogP) is 1.51. The first kappa shape index (κ1) is 9.68. The van der Waals surface area contributed by atoms with Crippen LogP contribution in [0.5, 0.6) is 0 Å². The number of carbonyl (C=O) groups is 1. The van der Waals surface area contributed by atoms with Gasteiger partial charge in [-0.25, -0.2) is 0 Å². The fourth-order valence-electron chi connectivity index (χ4n) is 1.22. The number of Topliss-reactive ketones (excluding diaryl/α,β-unsaturated/α-hetero) is 1. The highest BCUT2D eigenvalue weighted by atomic mass is 16.7. The molecule has 0 aromatic rings. The first-order valence-electron chi connectivity index (χ1n) is 4.40. The van der Waals surface area contributed by atoms with Crippen molar-refractivity contribution in [3.63, 3.8) is 0 Å². The van der Waals surface area contributed by atoms with Crippen molar-refractivity contribution >= 4 is 5.78 Å². The zero-order valence-electron chi connectivity index (χ0n) is 7.76. The summed E-state index contributed by atoms with van der Waals surface area (Å²) in [5.74, 6) is -0.321. The summed E-state index contributed by atoms with van der Waals surface area (Å²) in [6.07, 6.45) is 2.16. The average molecular weight is 172 g/mol. The van der Waals surface area contributed by atoms with Crippen molar-refractivity contribution in [3.8, 4) is 0 Å². The Bertz CT molecular complexity index is 159. The Morgan fingerprint density at radius 2 is 2.00 bits per heavy atom. The molecule has 3 heteroatoms. The van der Waals surface area contributed by atoms with Crippen LogP contribution in [0.2, 0.25) is 0 Å². The first-order chi connectivity index (χ1) is 5.62. The summed E-state index contributed by atoms with van der Waals surface area (Å²) in [7, 11) is 0. The van der Waals surface area contributed by atoms with Crippen LogP contribution >= 0.6 is 0 Å². The zero-order valence-corrected chi connectivity index (χ0v) is 7.76. The van der Waals surface area contributed by atoms with Gasteiger partial charge in [-0.05, 0) is 20.3 Å². The minimum absolute atomic E-state index is 0.189. The SMILES string of the molecule is CC(=O)CCC1(C)OCCCO1. The Morgan fingerprint density at radius 3 is 2.50 bits per heavy atom. The molecule has 0 aromatic heterocycles. The maximum absolute atomic E-state index is 10.7. The van der Waals surface area contributed by atoms with Crippen LogP contribution in [0.1, 0.15) is 33.1 Å². The Morgan fingerprint density at radius 1 is 1.42 bits per heavy atom. The van der Waals surface area contributed by atoms with Gasteiger partial charge >= 0.3 is 0 Å². The fraction of sp³-hybridized carbons (Fsp3) is 0.889. The third kappa shape index (κ3) is 2.91. The van der Waals surface area contributed by atoms with E-state index in [1.165, 1.54) is 0 Å². The first-order valence-corrected chi connectivity index (χ1v) is 4.40. The zero-order chi connectivity index (χ0) is 9.03. The van der Waals surface area contributed by atoms with Gasteiger partial charge in [0.15, 0.2) is 5.79 Å². The summed E-state index contributed by atoms with van der Waals surface area (Å²) < 4.78 is 10.9. The molecule has 0 N–H and O–H groups in total. The molecule has 1 fully saturated rings. The van der Waals surface area contributed by atoms with Crippen LogP contribution in [-0.2, 0) is 14.3 Å². The summed E-state index contributed by atoms with van der Waals surface area (Å²) in [6, 6.07) is 0. The van der Waals surface area contributed by atoms with Gasteiger partial charge in [-0.2, -0.15) is 0 Å². The molecular formula is C9H16O3. The molecule has 0 aromatic carbocycles. The van der Waals surface area contributed by atoms with Crippen LogP contribution in [0.25, 0.3) is 0 Å². The lowest BCUT2D eigenvalue weighted by Gasteiger charge is -2.33. The molecule has 12 heavy (non-hydrogen) atoms. The highest BCUT2D eigenvalue weighted by Gasteiger charge is 2.28. The minimum atomic E-state index is -0.510. The number of rotatable bonds is 3. The lowest BCUT2D eigenvalue weighted by Crippen LogP contribution is -2.37. The number of hydrogen-bond acceptors (Lipinski definition) is 3. The van der Waals surface area contributed by atoms with Crippen molar-refractivity contribution < 1.29 is 14.3 Å². The second-order valence-electron chi connectivity index (χ2n) is 3.39. The van der Waals surface area contributed by atoms with Crippen molar-refractivity contribution in [1.29, 1.82) is 0 Å². The molecule has 1 aliphatic heterocycles. The lowest BCUT2D eigenvalue weighted by atomic mass is 10.1. The maximum Gasteiger partial charge on any atom is 0.165 e. The average Bonchev–Trinajstić information content (AvgIpc) is 2.03. The van der Waals surface area contributed by atoms with Crippen molar-refractivity contribution in [2.75, 3.05) is 13.2 Å². The molecule has 0 unspecified atom stereocenters. The van der Waals surface area contributed by atoms with E-state index in [1.54, 1.807) is 6.92 Å². The van der Waals surface area contributed by atoms with Gasteiger partial charge in [-0.1, -0.05) is 0 Å². The summed E-state index contributed by atoms with van der Waals surface area (Å²) in [6.45, 7) is 4.98. The molecule has 0 saturated carbocycles. The summed E-state index contributed by atoms with van der Waals surface area (Å²) >= 11 is 0. The molecule has 0 amide bonds. The van der Waals surface area contributed by atoms with Gasteiger partial charge < -0.3 is 14.3 Å². The van der Waals surface area contributed by atoms with E-state index in [2.05, 4.69) is 0 Å². The van der Waals surface area contributed by atoms with Crippen LogP contribution in [0, 0.1) is 0 Å². The van der Waals surface area contributed by atoms with Crippen LogP contribution < -0.4 is 0 Å². The minimum Gasteiger partial charge on any atom is -0.350 e. The molecule has 0 aliphatic carbocycles. The second kappa shape index (κ2) is 4.01. The second-order valence-corrected chi connectivity index (χ2v) is 3.39. The van der Waals surface area contributed by atoms with Gasteiger partial charge in [0.05, 0.1) is 13.2 Å². The quantitative estimate of drug-likeness (QED) is 0.647. The van der Waals surface area contributed by atoms with Crippen molar-refractivity contribution in [3.05, 3.63) is 0 Å². The molecule has 3 nitrogen and oxygen atoms in total. The van der Waals surface area contributed by atoms with Gasteiger partial charge in [0.1, 0.15) is 5.78 Å². The Labute approximate surface area is 73.0 Å². The normalized spacial score (nSPS) is 22.2. The largest absolute Gasteiger partial charge is 0.350 e. The van der Waals surface area contributed by atoms with Crippen LogP contribution in [0.15, 0.2) is 0 Å². The van der Waals surface area contributed by atoms with E-state index in [0.29, 0.717) is 12.8 Å². The Balaban J connectivity index is 2.31. The third-order valence-electron chi connectivity index (χ3n) is 2.03. The molecule has 0 radical (unpaired) electrons. The molecule has 1 rings (SSSR count). The molecule has 0 bridgehead atoms. The standard InChI is InChI=1S/C9H16O3/c1-8(10)4-5-9(2)11-6-3-7-12-9/h3-7H2,1-2H3. The molecule has 0 atom stereocenters. The smallest absolute Gasteiger partial charge is 0.165 e. The molecule has 1 heterocycles. The highest BCUT2D eigenvalue weighted by Crippen LogP contribution is 2.23.